The first-order valence-corrected chi connectivity index (χ1v) is 13.4. The lowest BCUT2D eigenvalue weighted by molar-refractivity contribution is 0.122. The second kappa shape index (κ2) is 9.81. The topological polar surface area (TPSA) is 73.4 Å². The molecule has 1 N–H and O–H groups in total. The number of aromatic amines is 1. The third-order valence-corrected chi connectivity index (χ3v) is 8.26. The number of thiophene rings is 1. The van der Waals surface area contributed by atoms with Crippen LogP contribution in [0.25, 0.3) is 32.5 Å². The lowest BCUT2D eigenvalue weighted by Crippen LogP contribution is -2.36. The summed E-state index contributed by atoms with van der Waals surface area (Å²) < 4.78 is 6.82. The first kappa shape index (κ1) is 22.8. The minimum atomic E-state index is 0.734. The standard InChI is InChI=1S/C26H33N7OS/c1-31(2)16-18-6-8-32(9-7-18)17-19-14-23-24(35-19)26(33-10-12-34-13-11-33)29-25(28-23)20-4-3-5-22-21(20)15-27-30-22/h3-5,14-15,18H,6-13,16-17H2,1-2H3,(H,27,30). The van der Waals surface area contributed by atoms with Crippen LogP contribution in [0.15, 0.2) is 30.5 Å². The molecule has 4 aromatic rings. The summed E-state index contributed by atoms with van der Waals surface area (Å²) in [5, 5.41) is 8.36. The zero-order valence-corrected chi connectivity index (χ0v) is 21.4. The van der Waals surface area contributed by atoms with Gasteiger partial charge in [0.2, 0.25) is 0 Å². The summed E-state index contributed by atoms with van der Waals surface area (Å²) in [4.78, 5) is 18.8. The smallest absolute Gasteiger partial charge is 0.162 e. The minimum Gasteiger partial charge on any atom is -0.378 e. The Labute approximate surface area is 209 Å². The highest BCUT2D eigenvalue weighted by Gasteiger charge is 2.23. The molecule has 8 nitrogen and oxygen atoms in total. The number of fused-ring (bicyclic) bond motifs is 2. The van der Waals surface area contributed by atoms with E-state index in [1.165, 1.54) is 42.1 Å². The van der Waals surface area contributed by atoms with Gasteiger partial charge in [0.1, 0.15) is 0 Å². The number of morpholine rings is 1. The van der Waals surface area contributed by atoms with Crippen LogP contribution in [-0.4, -0.2) is 90.0 Å². The molecule has 6 rings (SSSR count). The SMILES string of the molecule is CN(C)CC1CCN(Cc2cc3nc(-c4cccc5[nH]ncc45)nc(N4CCOCC4)c3s2)CC1. The maximum absolute atomic E-state index is 5.63. The van der Waals surface area contributed by atoms with Crippen LogP contribution in [-0.2, 0) is 11.3 Å². The lowest BCUT2D eigenvalue weighted by atomic mass is 9.96. The van der Waals surface area contributed by atoms with Crippen LogP contribution >= 0.6 is 11.3 Å². The normalized spacial score (nSPS) is 18.3. The fourth-order valence-corrected chi connectivity index (χ4v) is 6.53. The van der Waals surface area contributed by atoms with Gasteiger partial charge in [0.15, 0.2) is 11.6 Å². The van der Waals surface area contributed by atoms with Gasteiger partial charge in [0, 0.05) is 42.0 Å². The first-order chi connectivity index (χ1) is 17.1. The highest BCUT2D eigenvalue weighted by molar-refractivity contribution is 7.19. The fourth-order valence-electron chi connectivity index (χ4n) is 5.38. The van der Waals surface area contributed by atoms with Crippen LogP contribution < -0.4 is 4.90 Å². The maximum atomic E-state index is 5.63. The van der Waals surface area contributed by atoms with Crippen molar-refractivity contribution in [1.82, 2.24) is 30.0 Å². The van der Waals surface area contributed by atoms with E-state index in [0.717, 1.165) is 72.4 Å². The molecule has 0 saturated carbocycles. The van der Waals surface area contributed by atoms with Crippen LogP contribution in [0.4, 0.5) is 5.82 Å². The Hall–Kier alpha value is -2.59. The van der Waals surface area contributed by atoms with Crippen LogP contribution in [0.5, 0.6) is 0 Å². The number of anilines is 1. The number of likely N-dealkylation sites (tertiary alicyclic amines) is 1. The molecule has 2 aliphatic rings. The minimum absolute atomic E-state index is 0.734. The van der Waals surface area contributed by atoms with Gasteiger partial charge in [-0.2, -0.15) is 5.10 Å². The highest BCUT2D eigenvalue weighted by Crippen LogP contribution is 2.36. The number of nitrogens with zero attached hydrogens (tertiary/aromatic N) is 6. The van der Waals surface area contributed by atoms with Crippen molar-refractivity contribution in [2.75, 3.05) is 64.9 Å². The molecule has 0 bridgehead atoms. The van der Waals surface area contributed by atoms with Gasteiger partial charge in [0.05, 0.1) is 35.1 Å². The number of benzene rings is 1. The van der Waals surface area contributed by atoms with Gasteiger partial charge in [-0.15, -0.1) is 11.3 Å². The molecule has 0 aliphatic carbocycles. The van der Waals surface area contributed by atoms with E-state index < -0.39 is 0 Å². The van der Waals surface area contributed by atoms with E-state index in [4.69, 9.17) is 14.7 Å². The van der Waals surface area contributed by atoms with Gasteiger partial charge in [-0.3, -0.25) is 10.00 Å². The number of aromatic nitrogens is 4. The van der Waals surface area contributed by atoms with Crippen molar-refractivity contribution >= 4 is 38.3 Å². The van der Waals surface area contributed by atoms with Crippen molar-refractivity contribution in [2.24, 2.45) is 5.92 Å². The Morgan fingerprint density at radius 2 is 1.94 bits per heavy atom. The summed E-state index contributed by atoms with van der Waals surface area (Å²) >= 11 is 1.86. The van der Waals surface area contributed by atoms with Gasteiger partial charge >= 0.3 is 0 Å². The Morgan fingerprint density at radius 1 is 1.11 bits per heavy atom. The third-order valence-electron chi connectivity index (χ3n) is 7.15. The second-order valence-corrected chi connectivity index (χ2v) is 11.2. The van der Waals surface area contributed by atoms with Crippen molar-refractivity contribution in [3.63, 3.8) is 0 Å². The van der Waals surface area contributed by atoms with E-state index in [-0.39, 0.29) is 0 Å². The summed E-state index contributed by atoms with van der Waals surface area (Å²) in [6, 6.07) is 8.46. The molecular weight excluding hydrogens is 458 g/mol. The molecular formula is C26H33N7OS. The first-order valence-electron chi connectivity index (χ1n) is 12.6. The molecule has 0 amide bonds. The molecule has 0 spiro atoms. The third kappa shape index (κ3) is 4.78. The van der Waals surface area contributed by atoms with Gasteiger partial charge in [-0.05, 0) is 58.1 Å². The Morgan fingerprint density at radius 3 is 2.74 bits per heavy atom. The maximum Gasteiger partial charge on any atom is 0.162 e. The number of ether oxygens (including phenoxy) is 1. The molecule has 2 fully saturated rings. The molecule has 2 aliphatic heterocycles. The zero-order chi connectivity index (χ0) is 23.8. The Kier molecular flexibility index (Phi) is 6.40. The van der Waals surface area contributed by atoms with E-state index in [2.05, 4.69) is 51.1 Å². The summed E-state index contributed by atoms with van der Waals surface area (Å²) in [7, 11) is 4.36. The molecule has 0 unspecified atom stereocenters. The summed E-state index contributed by atoms with van der Waals surface area (Å²) in [5.74, 6) is 2.62. The van der Waals surface area contributed by atoms with Gasteiger partial charge in [-0.25, -0.2) is 9.97 Å². The quantitative estimate of drug-likeness (QED) is 0.439. The van der Waals surface area contributed by atoms with Crippen molar-refractivity contribution in [2.45, 2.75) is 19.4 Å². The Bertz CT molecular complexity index is 1300. The summed E-state index contributed by atoms with van der Waals surface area (Å²) in [5.41, 5.74) is 3.06. The monoisotopic (exact) mass is 491 g/mol. The number of nitrogens with one attached hydrogen (secondary N) is 1. The molecule has 0 radical (unpaired) electrons. The number of H-pyrrole nitrogens is 1. The van der Waals surface area contributed by atoms with E-state index in [0.29, 0.717) is 0 Å². The molecule has 1 aromatic carbocycles. The molecule has 5 heterocycles. The van der Waals surface area contributed by atoms with Gasteiger partial charge in [0.25, 0.3) is 0 Å². The van der Waals surface area contributed by atoms with Gasteiger partial charge in [-0.1, -0.05) is 12.1 Å². The second-order valence-electron chi connectivity index (χ2n) is 10.0. The van der Waals surface area contributed by atoms with Crippen LogP contribution in [0.1, 0.15) is 17.7 Å². The van der Waals surface area contributed by atoms with Crippen LogP contribution in [0.3, 0.4) is 0 Å². The number of hydrogen-bond donors (Lipinski definition) is 1. The highest BCUT2D eigenvalue weighted by atomic mass is 32.1. The molecule has 0 atom stereocenters. The molecule has 3 aromatic heterocycles. The molecule has 2 saturated heterocycles. The average Bonchev–Trinajstić information content (AvgIpc) is 3.51. The van der Waals surface area contributed by atoms with E-state index >= 15 is 0 Å². The summed E-state index contributed by atoms with van der Waals surface area (Å²) in [6.07, 6.45) is 4.42. The van der Waals surface area contributed by atoms with E-state index in [1.54, 1.807) is 0 Å². The van der Waals surface area contributed by atoms with Crippen molar-refractivity contribution in [1.29, 1.82) is 0 Å². The summed E-state index contributed by atoms with van der Waals surface area (Å²) in [6.45, 7) is 7.70. The molecule has 9 heteroatoms. The molecule has 184 valence electrons. The number of rotatable bonds is 6. The van der Waals surface area contributed by atoms with Gasteiger partial charge < -0.3 is 14.5 Å². The number of piperidine rings is 1. The van der Waals surface area contributed by atoms with Crippen molar-refractivity contribution < 1.29 is 4.74 Å². The van der Waals surface area contributed by atoms with E-state index in [1.807, 2.05) is 29.7 Å². The molecule has 35 heavy (non-hydrogen) atoms. The lowest BCUT2D eigenvalue weighted by Gasteiger charge is -2.32. The van der Waals surface area contributed by atoms with Crippen LogP contribution in [0, 0.1) is 5.92 Å². The Balaban J connectivity index is 1.33. The zero-order valence-electron chi connectivity index (χ0n) is 20.5. The number of hydrogen-bond acceptors (Lipinski definition) is 8. The van der Waals surface area contributed by atoms with Crippen LogP contribution in [0.2, 0.25) is 0 Å². The predicted octanol–water partition coefficient (Wildman–Crippen LogP) is 3.84. The van der Waals surface area contributed by atoms with E-state index in [9.17, 15) is 0 Å². The predicted molar refractivity (Wildman–Crippen MR) is 142 cm³/mol. The van der Waals surface area contributed by atoms with Crippen molar-refractivity contribution in [3.05, 3.63) is 35.3 Å². The average molecular weight is 492 g/mol. The van der Waals surface area contributed by atoms with Crippen molar-refractivity contribution in [3.8, 4) is 11.4 Å². The largest absolute Gasteiger partial charge is 0.378 e. The fraction of sp³-hybridized carbons (Fsp3) is 0.500.